The van der Waals surface area contributed by atoms with Crippen molar-refractivity contribution < 1.29 is 4.92 Å². The van der Waals surface area contributed by atoms with Gasteiger partial charge in [0.05, 0.1) is 4.92 Å². The van der Waals surface area contributed by atoms with Crippen LogP contribution in [0.2, 0.25) is 0 Å². The lowest BCUT2D eigenvalue weighted by Gasteiger charge is -2.27. The van der Waals surface area contributed by atoms with E-state index >= 15 is 0 Å². The standard InChI is InChI=1S/C19H23N3O2.ClH/c1-20(2)12-5-13-21-18-7-4-3-6-15(18)8-9-16-14-17(22(23)24)10-11-19(16)21;/h3-4,6-7,10-11,14H,5,8-9,12-13H2,1-2H3;1H. The number of benzene rings is 2. The van der Waals surface area contributed by atoms with Gasteiger partial charge < -0.3 is 9.80 Å². The molecule has 0 aliphatic carbocycles. The number of nitro benzene ring substituents is 1. The summed E-state index contributed by atoms with van der Waals surface area (Å²) in [6.45, 7) is 1.92. The summed E-state index contributed by atoms with van der Waals surface area (Å²) >= 11 is 0. The van der Waals surface area contributed by atoms with Gasteiger partial charge in [-0.2, -0.15) is 0 Å². The van der Waals surface area contributed by atoms with Crippen LogP contribution in [0.4, 0.5) is 17.1 Å². The monoisotopic (exact) mass is 361 g/mol. The summed E-state index contributed by atoms with van der Waals surface area (Å²) in [6.07, 6.45) is 2.78. The van der Waals surface area contributed by atoms with Gasteiger partial charge >= 0.3 is 0 Å². The average molecular weight is 362 g/mol. The van der Waals surface area contributed by atoms with E-state index in [-0.39, 0.29) is 23.0 Å². The van der Waals surface area contributed by atoms with Gasteiger partial charge in [-0.1, -0.05) is 18.2 Å². The zero-order chi connectivity index (χ0) is 17.1. The highest BCUT2D eigenvalue weighted by Crippen LogP contribution is 2.37. The molecule has 5 nitrogen and oxygen atoms in total. The molecule has 0 radical (unpaired) electrons. The van der Waals surface area contributed by atoms with Crippen LogP contribution in [-0.2, 0) is 12.8 Å². The molecule has 1 heterocycles. The summed E-state index contributed by atoms with van der Waals surface area (Å²) in [6, 6.07) is 13.7. The van der Waals surface area contributed by atoms with Gasteiger partial charge in [-0.3, -0.25) is 10.1 Å². The zero-order valence-corrected chi connectivity index (χ0v) is 15.5. The number of hydrogen-bond donors (Lipinski definition) is 0. The minimum atomic E-state index is -0.311. The summed E-state index contributed by atoms with van der Waals surface area (Å²) in [4.78, 5) is 15.3. The second-order valence-electron chi connectivity index (χ2n) is 6.51. The van der Waals surface area contributed by atoms with Crippen LogP contribution in [-0.4, -0.2) is 37.0 Å². The van der Waals surface area contributed by atoms with Gasteiger partial charge in [0.25, 0.3) is 5.69 Å². The summed E-state index contributed by atoms with van der Waals surface area (Å²) in [5.74, 6) is 0. The van der Waals surface area contributed by atoms with Crippen molar-refractivity contribution in [1.29, 1.82) is 0 Å². The Hall–Kier alpha value is -2.11. The molecule has 1 aliphatic rings. The maximum absolute atomic E-state index is 11.1. The van der Waals surface area contributed by atoms with Gasteiger partial charge in [-0.15, -0.1) is 12.4 Å². The quantitative estimate of drug-likeness (QED) is 0.591. The zero-order valence-electron chi connectivity index (χ0n) is 14.6. The number of anilines is 2. The highest BCUT2D eigenvalue weighted by Gasteiger charge is 2.22. The van der Waals surface area contributed by atoms with Crippen LogP contribution in [0.5, 0.6) is 0 Å². The summed E-state index contributed by atoms with van der Waals surface area (Å²) in [7, 11) is 4.15. The maximum atomic E-state index is 11.1. The van der Waals surface area contributed by atoms with Crippen LogP contribution in [0.25, 0.3) is 0 Å². The van der Waals surface area contributed by atoms with Crippen LogP contribution in [0, 0.1) is 10.1 Å². The van der Waals surface area contributed by atoms with Crippen LogP contribution in [0.3, 0.4) is 0 Å². The molecular formula is C19H24ClN3O2. The van der Waals surface area contributed by atoms with Crippen molar-refractivity contribution in [1.82, 2.24) is 4.90 Å². The lowest BCUT2D eigenvalue weighted by atomic mass is 10.0. The molecule has 3 rings (SSSR count). The lowest BCUT2D eigenvalue weighted by molar-refractivity contribution is -0.384. The van der Waals surface area contributed by atoms with E-state index in [0.29, 0.717) is 0 Å². The molecular weight excluding hydrogens is 338 g/mol. The van der Waals surface area contributed by atoms with E-state index in [0.717, 1.165) is 43.6 Å². The van der Waals surface area contributed by atoms with Crippen molar-refractivity contribution in [2.45, 2.75) is 19.3 Å². The van der Waals surface area contributed by atoms with Crippen molar-refractivity contribution in [3.63, 3.8) is 0 Å². The normalized spacial score (nSPS) is 12.8. The molecule has 0 aromatic heterocycles. The Balaban J connectivity index is 0.00000225. The van der Waals surface area contributed by atoms with Gasteiger partial charge in [0, 0.05) is 30.1 Å². The minimum Gasteiger partial charge on any atom is -0.341 e. The first-order chi connectivity index (χ1) is 11.6. The fourth-order valence-corrected chi connectivity index (χ4v) is 3.32. The summed E-state index contributed by atoms with van der Waals surface area (Å²) < 4.78 is 0. The SMILES string of the molecule is CN(C)CCCN1c2ccccc2CCc2cc([N+](=O)[O-])ccc21.Cl. The topological polar surface area (TPSA) is 49.6 Å². The van der Waals surface area contributed by atoms with E-state index in [9.17, 15) is 10.1 Å². The van der Waals surface area contributed by atoms with Crippen molar-refractivity contribution in [3.8, 4) is 0 Å². The Labute approximate surface area is 154 Å². The molecule has 134 valence electrons. The molecule has 0 saturated carbocycles. The van der Waals surface area contributed by atoms with Crippen LogP contribution >= 0.6 is 12.4 Å². The minimum absolute atomic E-state index is 0. The van der Waals surface area contributed by atoms with E-state index in [1.54, 1.807) is 12.1 Å². The van der Waals surface area contributed by atoms with Crippen molar-refractivity contribution in [3.05, 3.63) is 63.7 Å². The Morgan fingerprint density at radius 1 is 1.08 bits per heavy atom. The molecule has 0 saturated heterocycles. The predicted octanol–water partition coefficient (Wildman–Crippen LogP) is 4.21. The maximum Gasteiger partial charge on any atom is 0.269 e. The first kappa shape index (κ1) is 19.2. The third-order valence-corrected chi connectivity index (χ3v) is 4.50. The number of non-ortho nitro benzene ring substituents is 1. The molecule has 0 amide bonds. The van der Waals surface area contributed by atoms with E-state index in [1.165, 1.54) is 11.3 Å². The van der Waals surface area contributed by atoms with E-state index in [1.807, 2.05) is 6.07 Å². The molecule has 0 fully saturated rings. The summed E-state index contributed by atoms with van der Waals surface area (Å²) in [5.41, 5.74) is 4.87. The molecule has 0 bridgehead atoms. The summed E-state index contributed by atoms with van der Waals surface area (Å²) in [5, 5.41) is 11.1. The third-order valence-electron chi connectivity index (χ3n) is 4.50. The van der Waals surface area contributed by atoms with Gasteiger partial charge in [0.1, 0.15) is 0 Å². The molecule has 0 atom stereocenters. The molecule has 0 spiro atoms. The van der Waals surface area contributed by atoms with E-state index < -0.39 is 0 Å². The molecule has 2 aromatic rings. The number of halogens is 1. The second-order valence-corrected chi connectivity index (χ2v) is 6.51. The molecule has 6 heteroatoms. The van der Waals surface area contributed by atoms with Crippen LogP contribution in [0.15, 0.2) is 42.5 Å². The van der Waals surface area contributed by atoms with Crippen LogP contribution < -0.4 is 4.90 Å². The Bertz CT molecular complexity index is 749. The van der Waals surface area contributed by atoms with Crippen molar-refractivity contribution in [2.24, 2.45) is 0 Å². The Morgan fingerprint density at radius 2 is 1.76 bits per heavy atom. The lowest BCUT2D eigenvalue weighted by Crippen LogP contribution is -2.24. The Morgan fingerprint density at radius 3 is 2.48 bits per heavy atom. The number of para-hydroxylation sites is 1. The predicted molar refractivity (Wildman–Crippen MR) is 104 cm³/mol. The van der Waals surface area contributed by atoms with Gasteiger partial charge in [-0.25, -0.2) is 0 Å². The van der Waals surface area contributed by atoms with Crippen molar-refractivity contribution >= 4 is 29.5 Å². The molecule has 25 heavy (non-hydrogen) atoms. The number of fused-ring (bicyclic) bond motifs is 2. The van der Waals surface area contributed by atoms with E-state index in [2.05, 4.69) is 48.2 Å². The van der Waals surface area contributed by atoms with Gasteiger partial charge in [-0.05, 0) is 63.2 Å². The fourth-order valence-electron chi connectivity index (χ4n) is 3.32. The Kier molecular flexibility index (Phi) is 6.39. The smallest absolute Gasteiger partial charge is 0.269 e. The van der Waals surface area contributed by atoms with E-state index in [4.69, 9.17) is 0 Å². The van der Waals surface area contributed by atoms with Gasteiger partial charge in [0.15, 0.2) is 0 Å². The first-order valence-electron chi connectivity index (χ1n) is 8.34. The number of aryl methyl sites for hydroxylation is 2. The number of hydrogen-bond acceptors (Lipinski definition) is 4. The second kappa shape index (κ2) is 8.32. The highest BCUT2D eigenvalue weighted by atomic mass is 35.5. The third kappa shape index (κ3) is 4.30. The number of nitrogens with zero attached hydrogens (tertiary/aromatic N) is 3. The molecule has 0 N–H and O–H groups in total. The average Bonchev–Trinajstić information content (AvgIpc) is 2.71. The first-order valence-corrected chi connectivity index (χ1v) is 8.34. The molecule has 1 aliphatic heterocycles. The molecule has 2 aromatic carbocycles. The number of rotatable bonds is 5. The van der Waals surface area contributed by atoms with Gasteiger partial charge in [0.2, 0.25) is 0 Å². The highest BCUT2D eigenvalue weighted by molar-refractivity contribution is 5.85. The van der Waals surface area contributed by atoms with Crippen LogP contribution in [0.1, 0.15) is 17.5 Å². The fraction of sp³-hybridized carbons (Fsp3) is 0.368. The largest absolute Gasteiger partial charge is 0.341 e. The molecule has 0 unspecified atom stereocenters. The number of nitro groups is 1. The van der Waals surface area contributed by atoms with Crippen molar-refractivity contribution in [2.75, 3.05) is 32.1 Å².